The van der Waals surface area contributed by atoms with Crippen LogP contribution in [-0.2, 0) is 6.42 Å². The minimum absolute atomic E-state index is 0.0513. The third kappa shape index (κ3) is 4.80. The first-order valence-electron chi connectivity index (χ1n) is 8.25. The monoisotopic (exact) mass is 366 g/mol. The smallest absolute Gasteiger partial charge is 0.255 e. The van der Waals surface area contributed by atoms with Crippen LogP contribution in [0.4, 0.5) is 11.5 Å². The molecular weight excluding hydrogens is 348 g/mol. The Balaban J connectivity index is 1.58. The van der Waals surface area contributed by atoms with Crippen LogP contribution in [0.5, 0.6) is 0 Å². The molecule has 1 N–H and O–H groups in total. The van der Waals surface area contributed by atoms with Gasteiger partial charge in [-0.1, -0.05) is 11.6 Å². The summed E-state index contributed by atoms with van der Waals surface area (Å²) in [5.74, 6) is 0.618. The Morgan fingerprint density at radius 3 is 2.46 bits per heavy atom. The van der Waals surface area contributed by atoms with Crippen LogP contribution in [0.2, 0.25) is 5.02 Å². The zero-order valence-corrected chi connectivity index (χ0v) is 15.1. The lowest BCUT2D eigenvalue weighted by molar-refractivity contribution is 0.0796. The molecule has 1 amide bonds. The van der Waals surface area contributed by atoms with Crippen molar-refractivity contribution in [3.05, 3.63) is 83.3 Å². The summed E-state index contributed by atoms with van der Waals surface area (Å²) in [6.07, 6.45) is 5.89. The number of hydrogen-bond donors (Lipinski definition) is 1. The van der Waals surface area contributed by atoms with Crippen molar-refractivity contribution in [1.29, 1.82) is 0 Å². The van der Waals surface area contributed by atoms with E-state index in [4.69, 9.17) is 11.6 Å². The summed E-state index contributed by atoms with van der Waals surface area (Å²) >= 11 is 5.88. The van der Waals surface area contributed by atoms with Gasteiger partial charge in [-0.3, -0.25) is 9.78 Å². The van der Waals surface area contributed by atoms with E-state index in [0.29, 0.717) is 22.9 Å². The average Bonchev–Trinajstić information content (AvgIpc) is 2.69. The number of amides is 1. The van der Waals surface area contributed by atoms with Gasteiger partial charge in [-0.2, -0.15) is 0 Å². The fourth-order valence-electron chi connectivity index (χ4n) is 2.44. The largest absolute Gasteiger partial charge is 0.341 e. The maximum absolute atomic E-state index is 12.5. The van der Waals surface area contributed by atoms with Gasteiger partial charge in [0.25, 0.3) is 5.91 Å². The number of benzene rings is 1. The van der Waals surface area contributed by atoms with Crippen LogP contribution < -0.4 is 5.32 Å². The predicted molar refractivity (Wildman–Crippen MR) is 104 cm³/mol. The zero-order valence-electron chi connectivity index (χ0n) is 14.4. The number of aromatic nitrogens is 2. The molecular formula is C20H19ClN4O. The molecule has 2 heterocycles. The van der Waals surface area contributed by atoms with Gasteiger partial charge in [0.1, 0.15) is 5.82 Å². The van der Waals surface area contributed by atoms with Crippen molar-refractivity contribution in [2.75, 3.05) is 18.9 Å². The summed E-state index contributed by atoms with van der Waals surface area (Å²) < 4.78 is 0. The number of nitrogens with one attached hydrogen (secondary N) is 1. The van der Waals surface area contributed by atoms with Gasteiger partial charge < -0.3 is 10.2 Å². The molecule has 6 heteroatoms. The highest BCUT2D eigenvalue weighted by Gasteiger charge is 2.12. The molecule has 0 saturated carbocycles. The lowest BCUT2D eigenvalue weighted by Gasteiger charge is -2.17. The van der Waals surface area contributed by atoms with Crippen molar-refractivity contribution in [1.82, 2.24) is 14.9 Å². The van der Waals surface area contributed by atoms with Crippen molar-refractivity contribution in [3.8, 4) is 0 Å². The minimum Gasteiger partial charge on any atom is -0.341 e. The predicted octanol–water partition coefficient (Wildman–Crippen LogP) is 4.19. The van der Waals surface area contributed by atoms with E-state index in [-0.39, 0.29) is 5.91 Å². The molecule has 0 atom stereocenters. The van der Waals surface area contributed by atoms with E-state index >= 15 is 0 Å². The molecule has 5 nitrogen and oxygen atoms in total. The number of carbonyl (C=O) groups excluding carboxylic acids is 1. The molecule has 132 valence electrons. The minimum atomic E-state index is -0.0513. The van der Waals surface area contributed by atoms with Gasteiger partial charge in [0, 0.05) is 42.9 Å². The summed E-state index contributed by atoms with van der Waals surface area (Å²) in [4.78, 5) is 22.5. The van der Waals surface area contributed by atoms with Crippen molar-refractivity contribution in [2.24, 2.45) is 0 Å². The van der Waals surface area contributed by atoms with Gasteiger partial charge in [-0.05, 0) is 60.5 Å². The molecule has 3 rings (SSSR count). The fraction of sp³-hybridized carbons (Fsp3) is 0.150. The number of pyridine rings is 2. The normalized spacial score (nSPS) is 10.4. The van der Waals surface area contributed by atoms with Crippen molar-refractivity contribution < 1.29 is 4.79 Å². The summed E-state index contributed by atoms with van der Waals surface area (Å²) in [6.45, 7) is 0.633. The first kappa shape index (κ1) is 17.9. The Morgan fingerprint density at radius 1 is 1.08 bits per heavy atom. The summed E-state index contributed by atoms with van der Waals surface area (Å²) in [7, 11) is 1.80. The highest BCUT2D eigenvalue weighted by Crippen LogP contribution is 2.18. The Kier molecular flexibility index (Phi) is 5.81. The van der Waals surface area contributed by atoms with Crippen LogP contribution in [0.3, 0.4) is 0 Å². The second kappa shape index (κ2) is 8.45. The maximum Gasteiger partial charge on any atom is 0.255 e. The topological polar surface area (TPSA) is 58.1 Å². The number of rotatable bonds is 6. The maximum atomic E-state index is 12.5. The van der Waals surface area contributed by atoms with E-state index < -0.39 is 0 Å². The Labute approximate surface area is 157 Å². The van der Waals surface area contributed by atoms with Crippen LogP contribution in [0.25, 0.3) is 0 Å². The Hall–Kier alpha value is -2.92. The standard InChI is InChI=1S/C20H19ClN4O/c1-25(13-10-15-8-11-22-12-9-15)20(26)16-2-7-19(23-14-16)24-18-5-3-17(21)4-6-18/h2-9,11-12,14H,10,13H2,1H3,(H,23,24). The number of likely N-dealkylation sites (N-methyl/N-ethyl adjacent to an activating group) is 1. The summed E-state index contributed by atoms with van der Waals surface area (Å²) in [6, 6.07) is 14.8. The molecule has 0 saturated heterocycles. The van der Waals surface area contributed by atoms with E-state index in [1.807, 2.05) is 24.3 Å². The molecule has 3 aromatic rings. The number of carbonyl (C=O) groups is 1. The van der Waals surface area contributed by atoms with Crippen LogP contribution in [-0.4, -0.2) is 34.4 Å². The second-order valence-electron chi connectivity index (χ2n) is 5.90. The van der Waals surface area contributed by atoms with E-state index in [1.165, 1.54) is 0 Å². The van der Waals surface area contributed by atoms with E-state index in [9.17, 15) is 4.79 Å². The third-order valence-electron chi connectivity index (χ3n) is 3.96. The van der Waals surface area contributed by atoms with Crippen LogP contribution in [0, 0.1) is 0 Å². The third-order valence-corrected chi connectivity index (χ3v) is 4.21. The fourth-order valence-corrected chi connectivity index (χ4v) is 2.57. The molecule has 0 aliphatic heterocycles. The lowest BCUT2D eigenvalue weighted by Crippen LogP contribution is -2.28. The highest BCUT2D eigenvalue weighted by molar-refractivity contribution is 6.30. The van der Waals surface area contributed by atoms with Gasteiger partial charge in [-0.25, -0.2) is 4.98 Å². The van der Waals surface area contributed by atoms with Crippen molar-refractivity contribution in [3.63, 3.8) is 0 Å². The molecule has 26 heavy (non-hydrogen) atoms. The average molecular weight is 367 g/mol. The molecule has 1 aromatic carbocycles. The molecule has 0 aliphatic carbocycles. The first-order valence-corrected chi connectivity index (χ1v) is 8.62. The first-order chi connectivity index (χ1) is 12.6. The number of nitrogens with zero attached hydrogens (tertiary/aromatic N) is 3. The van der Waals surface area contributed by atoms with Crippen molar-refractivity contribution >= 4 is 29.0 Å². The molecule has 2 aromatic heterocycles. The van der Waals surface area contributed by atoms with Gasteiger partial charge in [0.2, 0.25) is 0 Å². The van der Waals surface area contributed by atoms with Gasteiger partial charge in [0.05, 0.1) is 5.56 Å². The van der Waals surface area contributed by atoms with Crippen molar-refractivity contribution in [2.45, 2.75) is 6.42 Å². The Bertz CT molecular complexity index is 851. The number of anilines is 2. The van der Waals surface area contributed by atoms with Gasteiger partial charge in [-0.15, -0.1) is 0 Å². The summed E-state index contributed by atoms with van der Waals surface area (Å²) in [5.41, 5.74) is 2.60. The van der Waals surface area contributed by atoms with Gasteiger partial charge in [0.15, 0.2) is 0 Å². The summed E-state index contributed by atoms with van der Waals surface area (Å²) in [5, 5.41) is 3.85. The molecule has 0 unspecified atom stereocenters. The quantitative estimate of drug-likeness (QED) is 0.710. The SMILES string of the molecule is CN(CCc1ccncc1)C(=O)c1ccc(Nc2ccc(Cl)cc2)nc1. The molecule has 0 bridgehead atoms. The van der Waals surface area contributed by atoms with E-state index in [1.54, 1.807) is 54.8 Å². The van der Waals surface area contributed by atoms with Crippen LogP contribution in [0.15, 0.2) is 67.1 Å². The van der Waals surface area contributed by atoms with E-state index in [2.05, 4.69) is 15.3 Å². The molecule has 0 spiro atoms. The van der Waals surface area contributed by atoms with Crippen LogP contribution in [0.1, 0.15) is 15.9 Å². The van der Waals surface area contributed by atoms with E-state index in [0.717, 1.165) is 17.7 Å². The zero-order chi connectivity index (χ0) is 18.4. The number of hydrogen-bond acceptors (Lipinski definition) is 4. The highest BCUT2D eigenvalue weighted by atomic mass is 35.5. The Morgan fingerprint density at radius 2 is 1.81 bits per heavy atom. The second-order valence-corrected chi connectivity index (χ2v) is 6.33. The molecule has 0 radical (unpaired) electrons. The van der Waals surface area contributed by atoms with Crippen LogP contribution >= 0.6 is 11.6 Å². The lowest BCUT2D eigenvalue weighted by atomic mass is 10.2. The molecule has 0 aliphatic rings. The number of halogens is 1. The molecule has 0 fully saturated rings. The van der Waals surface area contributed by atoms with Gasteiger partial charge >= 0.3 is 0 Å².